The molecule has 1 aromatic heterocycles. The molecule has 1 aliphatic rings. The molecular formula is C20H16N2O6. The predicted molar refractivity (Wildman–Crippen MR) is 99.1 cm³/mol. The minimum Gasteiger partial charge on any atom is -0.505 e. The van der Waals surface area contributed by atoms with Crippen LogP contribution in [-0.4, -0.2) is 40.2 Å². The van der Waals surface area contributed by atoms with Gasteiger partial charge in [0.15, 0.2) is 11.4 Å². The van der Waals surface area contributed by atoms with Gasteiger partial charge < -0.3 is 25.0 Å². The van der Waals surface area contributed by atoms with Crippen molar-refractivity contribution in [2.24, 2.45) is 0 Å². The van der Waals surface area contributed by atoms with Crippen LogP contribution < -0.4 is 14.8 Å². The van der Waals surface area contributed by atoms with Crippen molar-refractivity contribution in [3.05, 3.63) is 53.9 Å². The maximum atomic E-state index is 12.0. The zero-order valence-electron chi connectivity index (χ0n) is 14.6. The number of carbonyl (C=O) groups is 2. The lowest BCUT2D eigenvalue weighted by molar-refractivity contribution is -0.135. The number of nitrogens with one attached hydrogen (secondary N) is 1. The molecule has 0 radical (unpaired) electrons. The van der Waals surface area contributed by atoms with Crippen LogP contribution in [0.25, 0.3) is 10.8 Å². The fourth-order valence-corrected chi connectivity index (χ4v) is 3.02. The average molecular weight is 380 g/mol. The van der Waals surface area contributed by atoms with Gasteiger partial charge >= 0.3 is 5.97 Å². The molecule has 8 heteroatoms. The van der Waals surface area contributed by atoms with Crippen molar-refractivity contribution in [2.45, 2.75) is 6.42 Å². The molecule has 0 saturated heterocycles. The smallest absolute Gasteiger partial charge is 0.322 e. The lowest BCUT2D eigenvalue weighted by Gasteiger charge is -2.10. The number of aliphatic carboxylic acids is 1. The maximum Gasteiger partial charge on any atom is 0.322 e. The third-order valence-corrected chi connectivity index (χ3v) is 4.35. The number of hydrogen-bond donors (Lipinski definition) is 3. The Morgan fingerprint density at radius 3 is 2.79 bits per heavy atom. The summed E-state index contributed by atoms with van der Waals surface area (Å²) in [6.07, 6.45) is 2.27. The molecule has 1 aliphatic heterocycles. The van der Waals surface area contributed by atoms with Crippen LogP contribution in [0.15, 0.2) is 42.6 Å². The van der Waals surface area contributed by atoms with Gasteiger partial charge in [0.2, 0.25) is 0 Å². The Labute approximate surface area is 159 Å². The van der Waals surface area contributed by atoms with Crippen molar-refractivity contribution in [1.82, 2.24) is 10.3 Å². The van der Waals surface area contributed by atoms with Crippen molar-refractivity contribution in [3.63, 3.8) is 0 Å². The molecule has 0 unspecified atom stereocenters. The van der Waals surface area contributed by atoms with E-state index < -0.39 is 18.4 Å². The van der Waals surface area contributed by atoms with Crippen LogP contribution in [0.3, 0.4) is 0 Å². The summed E-state index contributed by atoms with van der Waals surface area (Å²) in [5.41, 5.74) is 0.857. The number of fused-ring (bicyclic) bond motifs is 2. The molecule has 3 N–H and O–H groups in total. The number of aromatic nitrogens is 1. The fourth-order valence-electron chi connectivity index (χ4n) is 3.02. The van der Waals surface area contributed by atoms with Gasteiger partial charge in [-0.15, -0.1) is 0 Å². The summed E-state index contributed by atoms with van der Waals surface area (Å²) in [7, 11) is 0. The third kappa shape index (κ3) is 3.39. The van der Waals surface area contributed by atoms with E-state index in [0.29, 0.717) is 28.9 Å². The van der Waals surface area contributed by atoms with Gasteiger partial charge in [-0.25, -0.2) is 4.98 Å². The Hall–Kier alpha value is -3.81. The molecule has 142 valence electrons. The summed E-state index contributed by atoms with van der Waals surface area (Å²) in [4.78, 5) is 26.5. The Morgan fingerprint density at radius 1 is 1.18 bits per heavy atom. The number of carboxylic acids is 1. The summed E-state index contributed by atoms with van der Waals surface area (Å²) in [5.74, 6) is -0.174. The number of rotatable bonds is 5. The molecule has 0 aliphatic carbocycles. The van der Waals surface area contributed by atoms with Gasteiger partial charge in [-0.2, -0.15) is 0 Å². The second-order valence-electron chi connectivity index (χ2n) is 6.25. The van der Waals surface area contributed by atoms with E-state index in [4.69, 9.17) is 14.6 Å². The first-order chi connectivity index (χ1) is 13.5. The van der Waals surface area contributed by atoms with E-state index in [2.05, 4.69) is 10.3 Å². The average Bonchev–Trinajstić information content (AvgIpc) is 3.14. The van der Waals surface area contributed by atoms with Crippen LogP contribution in [0.2, 0.25) is 0 Å². The van der Waals surface area contributed by atoms with E-state index in [9.17, 15) is 14.7 Å². The van der Waals surface area contributed by atoms with Crippen LogP contribution in [0, 0.1) is 0 Å². The number of nitrogens with zero attached hydrogens (tertiary/aromatic N) is 1. The van der Waals surface area contributed by atoms with Gasteiger partial charge in [0.25, 0.3) is 5.91 Å². The van der Waals surface area contributed by atoms with Crippen LogP contribution in [0.1, 0.15) is 16.1 Å². The minimum absolute atomic E-state index is 0.235. The Balaban J connectivity index is 1.58. The topological polar surface area (TPSA) is 118 Å². The minimum atomic E-state index is -1.19. The fraction of sp³-hybridized carbons (Fsp3) is 0.150. The van der Waals surface area contributed by atoms with Gasteiger partial charge in [0, 0.05) is 29.0 Å². The molecule has 8 nitrogen and oxygen atoms in total. The van der Waals surface area contributed by atoms with E-state index in [1.54, 1.807) is 18.2 Å². The summed E-state index contributed by atoms with van der Waals surface area (Å²) in [5, 5.41) is 22.1. The lowest BCUT2D eigenvalue weighted by Crippen LogP contribution is -2.29. The van der Waals surface area contributed by atoms with Crippen molar-refractivity contribution in [3.8, 4) is 23.0 Å². The first-order valence-corrected chi connectivity index (χ1v) is 8.56. The third-order valence-electron chi connectivity index (χ3n) is 4.35. The summed E-state index contributed by atoms with van der Waals surface area (Å²) >= 11 is 0. The first-order valence-electron chi connectivity index (χ1n) is 8.56. The van der Waals surface area contributed by atoms with Gasteiger partial charge in [-0.05, 0) is 36.4 Å². The zero-order chi connectivity index (χ0) is 19.7. The quantitative estimate of drug-likeness (QED) is 0.622. The molecule has 0 bridgehead atoms. The normalized spacial score (nSPS) is 12.3. The van der Waals surface area contributed by atoms with E-state index in [0.717, 1.165) is 17.7 Å². The van der Waals surface area contributed by atoms with E-state index in [1.807, 2.05) is 18.2 Å². The first kappa shape index (κ1) is 17.6. The molecule has 2 aromatic carbocycles. The standard InChI is InChI=1S/C20H16N2O6/c23-17(24)10-22-20(26)18-19(25)15-3-1-13(8-12(15)9-21-18)28-14-2-4-16-11(7-14)5-6-27-16/h1-4,7-9,25H,5-6,10H2,(H,22,26)(H,23,24). The van der Waals surface area contributed by atoms with Crippen LogP contribution in [0.4, 0.5) is 0 Å². The number of carbonyl (C=O) groups excluding carboxylic acids is 1. The largest absolute Gasteiger partial charge is 0.505 e. The van der Waals surface area contributed by atoms with Crippen LogP contribution in [0.5, 0.6) is 23.0 Å². The summed E-state index contributed by atoms with van der Waals surface area (Å²) < 4.78 is 11.4. The van der Waals surface area contributed by atoms with Crippen molar-refractivity contribution in [1.29, 1.82) is 0 Å². The molecule has 2 heterocycles. The molecule has 3 aromatic rings. The number of ether oxygens (including phenoxy) is 2. The number of benzene rings is 2. The molecule has 0 fully saturated rings. The summed E-state index contributed by atoms with van der Waals surface area (Å²) in [6.45, 7) is 0.110. The van der Waals surface area contributed by atoms with E-state index in [-0.39, 0.29) is 11.4 Å². The second-order valence-corrected chi connectivity index (χ2v) is 6.25. The maximum absolute atomic E-state index is 12.0. The number of aromatic hydroxyl groups is 1. The van der Waals surface area contributed by atoms with Gasteiger partial charge in [0.1, 0.15) is 23.8 Å². The molecule has 0 spiro atoms. The summed E-state index contributed by atoms with van der Waals surface area (Å²) in [6, 6.07) is 10.6. The highest BCUT2D eigenvalue weighted by Crippen LogP contribution is 2.34. The molecule has 28 heavy (non-hydrogen) atoms. The second kappa shape index (κ2) is 7.07. The van der Waals surface area contributed by atoms with Gasteiger partial charge in [-0.3, -0.25) is 9.59 Å². The number of hydrogen-bond acceptors (Lipinski definition) is 6. The monoisotopic (exact) mass is 380 g/mol. The van der Waals surface area contributed by atoms with E-state index in [1.165, 1.54) is 6.20 Å². The number of carboxylic acid groups (broad SMARTS) is 1. The Morgan fingerprint density at radius 2 is 1.96 bits per heavy atom. The zero-order valence-corrected chi connectivity index (χ0v) is 14.6. The number of pyridine rings is 1. The lowest BCUT2D eigenvalue weighted by atomic mass is 10.1. The highest BCUT2D eigenvalue weighted by Gasteiger charge is 2.17. The van der Waals surface area contributed by atoms with Crippen molar-refractivity contribution in [2.75, 3.05) is 13.2 Å². The molecular weight excluding hydrogens is 364 g/mol. The Kier molecular flexibility index (Phi) is 4.44. The van der Waals surface area contributed by atoms with Crippen molar-refractivity contribution < 1.29 is 29.3 Å². The molecule has 0 saturated carbocycles. The number of amides is 1. The van der Waals surface area contributed by atoms with E-state index >= 15 is 0 Å². The van der Waals surface area contributed by atoms with Gasteiger partial charge in [0.05, 0.1) is 6.61 Å². The van der Waals surface area contributed by atoms with Crippen LogP contribution in [-0.2, 0) is 11.2 Å². The molecule has 4 rings (SSSR count). The molecule has 1 amide bonds. The Bertz CT molecular complexity index is 1100. The SMILES string of the molecule is O=C(O)CNC(=O)c1ncc2cc(Oc3ccc4c(c3)CCO4)ccc2c1O. The highest BCUT2D eigenvalue weighted by molar-refractivity contribution is 6.02. The molecule has 0 atom stereocenters. The van der Waals surface area contributed by atoms with Crippen LogP contribution >= 0.6 is 0 Å². The predicted octanol–water partition coefficient (Wildman–Crippen LogP) is 2.48. The van der Waals surface area contributed by atoms with Crippen molar-refractivity contribution >= 4 is 22.6 Å². The highest BCUT2D eigenvalue weighted by atomic mass is 16.5. The van der Waals surface area contributed by atoms with Gasteiger partial charge in [-0.1, -0.05) is 0 Å².